The van der Waals surface area contributed by atoms with Crippen LogP contribution in [0, 0.1) is 0 Å². The van der Waals surface area contributed by atoms with Crippen LogP contribution in [-0.2, 0) is 6.54 Å². The van der Waals surface area contributed by atoms with Crippen molar-refractivity contribution in [1.82, 2.24) is 4.90 Å². The molecule has 1 aromatic rings. The van der Waals surface area contributed by atoms with Crippen molar-refractivity contribution in [2.24, 2.45) is 0 Å². The van der Waals surface area contributed by atoms with Crippen LogP contribution in [0.4, 0.5) is 0 Å². The second kappa shape index (κ2) is 5.41. The molecule has 3 heteroatoms. The summed E-state index contributed by atoms with van der Waals surface area (Å²) in [6, 6.07) is 6.30. The van der Waals surface area contributed by atoms with Crippen LogP contribution in [0.15, 0.2) is 18.2 Å². The molecule has 1 N–H and O–H groups in total. The van der Waals surface area contributed by atoms with Crippen molar-refractivity contribution in [3.8, 4) is 11.5 Å². The molecule has 0 atom stereocenters. The first kappa shape index (κ1) is 12.2. The number of methoxy groups -OCH3 is 1. The second-order valence-corrected chi connectivity index (χ2v) is 4.86. The fourth-order valence-corrected chi connectivity index (χ4v) is 2.58. The zero-order chi connectivity index (χ0) is 12.3. The SMILES string of the molecule is COc1cc(CN(C)C2CCCC2)ccc1O. The minimum Gasteiger partial charge on any atom is -0.504 e. The maximum atomic E-state index is 9.54. The molecule has 2 rings (SSSR count). The lowest BCUT2D eigenvalue weighted by atomic mass is 10.1. The Balaban J connectivity index is 2.02. The molecule has 0 saturated heterocycles. The molecule has 1 aliphatic rings. The Morgan fingerprint density at radius 2 is 2.06 bits per heavy atom. The summed E-state index contributed by atoms with van der Waals surface area (Å²) in [4.78, 5) is 2.40. The van der Waals surface area contributed by atoms with E-state index in [1.807, 2.05) is 12.1 Å². The van der Waals surface area contributed by atoms with Crippen molar-refractivity contribution in [3.63, 3.8) is 0 Å². The van der Waals surface area contributed by atoms with Gasteiger partial charge in [-0.15, -0.1) is 0 Å². The van der Waals surface area contributed by atoms with E-state index in [1.165, 1.54) is 31.2 Å². The number of phenolic OH excluding ortho intramolecular Hbond substituents is 1. The second-order valence-electron chi connectivity index (χ2n) is 4.86. The number of ether oxygens (including phenoxy) is 1. The van der Waals surface area contributed by atoms with Crippen LogP contribution >= 0.6 is 0 Å². The Labute approximate surface area is 103 Å². The fraction of sp³-hybridized carbons (Fsp3) is 0.571. The Hall–Kier alpha value is -1.22. The summed E-state index contributed by atoms with van der Waals surface area (Å²) in [6.07, 6.45) is 5.33. The molecular formula is C14H21NO2. The Morgan fingerprint density at radius 3 is 2.71 bits per heavy atom. The van der Waals surface area contributed by atoms with Gasteiger partial charge in [-0.2, -0.15) is 0 Å². The van der Waals surface area contributed by atoms with Gasteiger partial charge < -0.3 is 9.84 Å². The Morgan fingerprint density at radius 1 is 1.35 bits per heavy atom. The van der Waals surface area contributed by atoms with Gasteiger partial charge in [0.2, 0.25) is 0 Å². The van der Waals surface area contributed by atoms with Crippen LogP contribution in [0.5, 0.6) is 11.5 Å². The number of phenols is 1. The summed E-state index contributed by atoms with van der Waals surface area (Å²) >= 11 is 0. The number of rotatable bonds is 4. The van der Waals surface area contributed by atoms with Crippen LogP contribution in [0.1, 0.15) is 31.2 Å². The summed E-state index contributed by atoms with van der Waals surface area (Å²) in [5, 5.41) is 9.54. The van der Waals surface area contributed by atoms with E-state index < -0.39 is 0 Å². The summed E-state index contributed by atoms with van der Waals surface area (Å²) < 4.78 is 5.12. The van der Waals surface area contributed by atoms with Gasteiger partial charge in [0.1, 0.15) is 0 Å². The largest absolute Gasteiger partial charge is 0.504 e. The molecule has 0 unspecified atom stereocenters. The van der Waals surface area contributed by atoms with E-state index in [1.54, 1.807) is 13.2 Å². The maximum absolute atomic E-state index is 9.54. The zero-order valence-corrected chi connectivity index (χ0v) is 10.6. The van der Waals surface area contributed by atoms with Crippen molar-refractivity contribution in [1.29, 1.82) is 0 Å². The van der Waals surface area contributed by atoms with E-state index in [4.69, 9.17) is 4.74 Å². The van der Waals surface area contributed by atoms with Crippen molar-refractivity contribution in [2.45, 2.75) is 38.3 Å². The zero-order valence-electron chi connectivity index (χ0n) is 10.6. The standard InChI is InChI=1S/C14H21NO2/c1-15(12-5-3-4-6-12)10-11-7-8-13(16)14(9-11)17-2/h7-9,12,16H,3-6,10H2,1-2H3. The fourth-order valence-electron chi connectivity index (χ4n) is 2.58. The topological polar surface area (TPSA) is 32.7 Å². The van der Waals surface area contributed by atoms with E-state index in [9.17, 15) is 5.11 Å². The molecule has 1 aliphatic carbocycles. The summed E-state index contributed by atoms with van der Waals surface area (Å²) in [5.41, 5.74) is 1.19. The highest BCUT2D eigenvalue weighted by molar-refractivity contribution is 5.41. The van der Waals surface area contributed by atoms with Crippen LogP contribution in [0.25, 0.3) is 0 Å². The molecule has 0 radical (unpaired) electrons. The van der Waals surface area contributed by atoms with E-state index in [0.29, 0.717) is 5.75 Å². The third-order valence-electron chi connectivity index (χ3n) is 3.62. The van der Waals surface area contributed by atoms with E-state index in [2.05, 4.69) is 11.9 Å². The lowest BCUT2D eigenvalue weighted by molar-refractivity contribution is 0.237. The van der Waals surface area contributed by atoms with Gasteiger partial charge in [-0.05, 0) is 37.6 Å². The van der Waals surface area contributed by atoms with Gasteiger partial charge in [-0.25, -0.2) is 0 Å². The van der Waals surface area contributed by atoms with E-state index >= 15 is 0 Å². The molecule has 0 amide bonds. The molecule has 1 aromatic carbocycles. The quantitative estimate of drug-likeness (QED) is 0.871. The van der Waals surface area contributed by atoms with Crippen molar-refractivity contribution < 1.29 is 9.84 Å². The van der Waals surface area contributed by atoms with Gasteiger partial charge in [0, 0.05) is 12.6 Å². The average Bonchev–Trinajstić information content (AvgIpc) is 2.85. The number of benzene rings is 1. The van der Waals surface area contributed by atoms with Gasteiger partial charge in [0.05, 0.1) is 7.11 Å². The number of hydrogen-bond acceptors (Lipinski definition) is 3. The smallest absolute Gasteiger partial charge is 0.160 e. The normalized spacial score (nSPS) is 16.6. The molecular weight excluding hydrogens is 214 g/mol. The minimum atomic E-state index is 0.208. The van der Waals surface area contributed by atoms with E-state index in [0.717, 1.165) is 12.6 Å². The highest BCUT2D eigenvalue weighted by Crippen LogP contribution is 2.28. The Bertz CT molecular complexity index is 372. The highest BCUT2D eigenvalue weighted by atomic mass is 16.5. The lowest BCUT2D eigenvalue weighted by Crippen LogP contribution is -2.28. The Kier molecular flexibility index (Phi) is 3.89. The molecule has 17 heavy (non-hydrogen) atoms. The molecule has 0 aliphatic heterocycles. The molecule has 3 nitrogen and oxygen atoms in total. The molecule has 0 aromatic heterocycles. The first-order valence-electron chi connectivity index (χ1n) is 6.27. The van der Waals surface area contributed by atoms with Crippen molar-refractivity contribution in [2.75, 3.05) is 14.2 Å². The first-order valence-corrected chi connectivity index (χ1v) is 6.27. The maximum Gasteiger partial charge on any atom is 0.160 e. The molecule has 0 bridgehead atoms. The first-order chi connectivity index (χ1) is 8.20. The van der Waals surface area contributed by atoms with Crippen LogP contribution < -0.4 is 4.74 Å². The molecule has 0 heterocycles. The molecule has 1 fully saturated rings. The summed E-state index contributed by atoms with van der Waals surface area (Å²) in [6.45, 7) is 0.918. The van der Waals surface area contributed by atoms with Crippen molar-refractivity contribution in [3.05, 3.63) is 23.8 Å². The van der Waals surface area contributed by atoms with Gasteiger partial charge in [-0.3, -0.25) is 4.90 Å². The molecule has 94 valence electrons. The van der Waals surface area contributed by atoms with Crippen molar-refractivity contribution >= 4 is 0 Å². The number of nitrogens with zero attached hydrogens (tertiary/aromatic N) is 1. The van der Waals surface area contributed by atoms with Gasteiger partial charge in [0.25, 0.3) is 0 Å². The van der Waals surface area contributed by atoms with Crippen LogP contribution in [-0.4, -0.2) is 30.2 Å². The predicted octanol–water partition coefficient (Wildman–Crippen LogP) is 2.78. The number of hydrogen-bond donors (Lipinski definition) is 1. The van der Waals surface area contributed by atoms with Crippen LogP contribution in [0.2, 0.25) is 0 Å². The third-order valence-corrected chi connectivity index (χ3v) is 3.62. The highest BCUT2D eigenvalue weighted by Gasteiger charge is 2.19. The summed E-state index contributed by atoms with van der Waals surface area (Å²) in [5.74, 6) is 0.766. The molecule has 1 saturated carbocycles. The number of aromatic hydroxyl groups is 1. The summed E-state index contributed by atoms with van der Waals surface area (Å²) in [7, 11) is 3.76. The minimum absolute atomic E-state index is 0.208. The molecule has 0 spiro atoms. The third kappa shape index (κ3) is 2.91. The monoisotopic (exact) mass is 235 g/mol. The predicted molar refractivity (Wildman–Crippen MR) is 68.4 cm³/mol. The van der Waals surface area contributed by atoms with Gasteiger partial charge in [0.15, 0.2) is 11.5 Å². The van der Waals surface area contributed by atoms with Gasteiger partial charge in [-0.1, -0.05) is 18.9 Å². The van der Waals surface area contributed by atoms with Crippen LogP contribution in [0.3, 0.4) is 0 Å². The van der Waals surface area contributed by atoms with E-state index in [-0.39, 0.29) is 5.75 Å². The van der Waals surface area contributed by atoms with Gasteiger partial charge >= 0.3 is 0 Å². The average molecular weight is 235 g/mol. The lowest BCUT2D eigenvalue weighted by Gasteiger charge is -2.24.